The summed E-state index contributed by atoms with van der Waals surface area (Å²) in [4.78, 5) is 11.8. The minimum absolute atomic E-state index is 0.0602. The van der Waals surface area contributed by atoms with Crippen LogP contribution in [0.1, 0.15) is 37.0 Å². The number of nitrogens with one attached hydrogen (secondary N) is 1. The van der Waals surface area contributed by atoms with E-state index in [1.165, 1.54) is 6.92 Å². The highest BCUT2D eigenvalue weighted by atomic mass is 19.2. The normalized spacial score (nSPS) is 13.9. The molecule has 0 bridgehead atoms. The molecule has 2 N–H and O–H groups in total. The Labute approximate surface area is 117 Å². The first-order chi connectivity index (χ1) is 9.68. The van der Waals surface area contributed by atoms with Crippen LogP contribution in [-0.4, -0.2) is 23.2 Å². The number of hydrogen-bond donors (Lipinski definition) is 2. The van der Waals surface area contributed by atoms with Gasteiger partial charge in [-0.3, -0.25) is 4.79 Å². The Morgan fingerprint density at radius 3 is 1.86 bits per heavy atom. The van der Waals surface area contributed by atoms with Crippen LogP contribution in [0.4, 0.5) is 22.0 Å². The van der Waals surface area contributed by atoms with Crippen LogP contribution in [0.15, 0.2) is 0 Å². The molecule has 0 saturated carbocycles. The average Bonchev–Trinajstić information content (AvgIpc) is 2.43. The Morgan fingerprint density at radius 2 is 1.48 bits per heavy atom. The lowest BCUT2D eigenvalue weighted by atomic mass is 9.94. The minimum Gasteiger partial charge on any atom is -0.396 e. The topological polar surface area (TPSA) is 49.3 Å². The predicted octanol–water partition coefficient (Wildman–Crippen LogP) is 2.66. The number of aliphatic hydroxyl groups excluding tert-OH is 1. The van der Waals surface area contributed by atoms with Gasteiger partial charge in [-0.15, -0.1) is 0 Å². The van der Waals surface area contributed by atoms with Crippen molar-refractivity contribution in [2.75, 3.05) is 6.61 Å². The lowest BCUT2D eigenvalue weighted by Crippen LogP contribution is -2.46. The number of hydrogen-bond acceptors (Lipinski definition) is 2. The monoisotopic (exact) mass is 311 g/mol. The molecule has 0 aliphatic rings. The first-order valence-electron chi connectivity index (χ1n) is 6.13. The van der Waals surface area contributed by atoms with E-state index >= 15 is 0 Å². The van der Waals surface area contributed by atoms with Gasteiger partial charge in [-0.25, -0.2) is 22.0 Å². The van der Waals surface area contributed by atoms with Gasteiger partial charge in [-0.2, -0.15) is 0 Å². The molecule has 118 valence electrons. The van der Waals surface area contributed by atoms with Crippen molar-refractivity contribution in [2.45, 2.75) is 32.2 Å². The molecule has 3 nitrogen and oxygen atoms in total. The van der Waals surface area contributed by atoms with E-state index in [0.717, 1.165) is 0 Å². The number of halogens is 5. The Morgan fingerprint density at radius 1 is 1.05 bits per heavy atom. The van der Waals surface area contributed by atoms with E-state index < -0.39 is 46.1 Å². The van der Waals surface area contributed by atoms with Crippen LogP contribution in [0.2, 0.25) is 0 Å². The van der Waals surface area contributed by atoms with Gasteiger partial charge in [0.1, 0.15) is 5.56 Å². The third kappa shape index (κ3) is 3.31. The minimum atomic E-state index is -2.32. The van der Waals surface area contributed by atoms with Gasteiger partial charge in [0, 0.05) is 12.1 Å². The number of rotatable bonds is 5. The number of benzene rings is 1. The van der Waals surface area contributed by atoms with Gasteiger partial charge in [0.05, 0.1) is 0 Å². The largest absolute Gasteiger partial charge is 0.396 e. The van der Waals surface area contributed by atoms with Crippen molar-refractivity contribution in [3.63, 3.8) is 0 Å². The second-order valence-electron chi connectivity index (χ2n) is 4.79. The van der Waals surface area contributed by atoms with Crippen molar-refractivity contribution in [1.29, 1.82) is 0 Å². The summed E-state index contributed by atoms with van der Waals surface area (Å²) in [5.41, 5.74) is -2.57. The molecule has 1 aromatic carbocycles. The smallest absolute Gasteiger partial charge is 0.257 e. The molecular formula is C13H14F5NO2. The molecule has 0 fully saturated rings. The summed E-state index contributed by atoms with van der Waals surface area (Å²) < 4.78 is 66.0. The van der Waals surface area contributed by atoms with Gasteiger partial charge < -0.3 is 10.4 Å². The third-order valence-corrected chi connectivity index (χ3v) is 3.30. The van der Waals surface area contributed by atoms with Crippen LogP contribution in [0.3, 0.4) is 0 Å². The summed E-state index contributed by atoms with van der Waals surface area (Å²) in [6, 6.07) is 0. The molecule has 1 unspecified atom stereocenters. The number of carbonyl (C=O) groups is 1. The molecule has 0 radical (unpaired) electrons. The lowest BCUT2D eigenvalue weighted by Gasteiger charge is -2.29. The zero-order chi connectivity index (χ0) is 16.4. The summed E-state index contributed by atoms with van der Waals surface area (Å²) >= 11 is 0. The predicted molar refractivity (Wildman–Crippen MR) is 64.1 cm³/mol. The van der Waals surface area contributed by atoms with Crippen molar-refractivity contribution in [3.8, 4) is 0 Å². The standard InChI is InChI=1S/C13H14F5NO2/c1-3-13(2,4-5-20)19-12(21)6-7(14)9(16)11(18)10(17)8(6)15/h20H,3-5H2,1-2H3,(H,19,21). The molecule has 0 aliphatic carbocycles. The Bertz CT molecular complexity index is 535. The fourth-order valence-electron chi connectivity index (χ4n) is 1.72. The molecule has 1 amide bonds. The summed E-state index contributed by atoms with van der Waals surface area (Å²) in [5.74, 6) is -12.5. The van der Waals surface area contributed by atoms with Crippen LogP contribution in [-0.2, 0) is 0 Å². The van der Waals surface area contributed by atoms with Gasteiger partial charge in [0.15, 0.2) is 23.3 Å². The molecule has 0 saturated heterocycles. The van der Waals surface area contributed by atoms with E-state index in [0.29, 0.717) is 0 Å². The molecule has 0 aliphatic heterocycles. The summed E-state index contributed by atoms with van der Waals surface area (Å²) in [6.07, 6.45) is 0.347. The van der Waals surface area contributed by atoms with Gasteiger partial charge in [0.25, 0.3) is 5.91 Å². The zero-order valence-electron chi connectivity index (χ0n) is 11.4. The van der Waals surface area contributed by atoms with Crippen molar-refractivity contribution in [2.24, 2.45) is 0 Å². The molecule has 0 heterocycles. The van der Waals surface area contributed by atoms with E-state index in [1.807, 2.05) is 0 Å². The van der Waals surface area contributed by atoms with E-state index in [9.17, 15) is 26.7 Å². The van der Waals surface area contributed by atoms with Crippen molar-refractivity contribution < 1.29 is 31.9 Å². The summed E-state index contributed by atoms with van der Waals surface area (Å²) in [5, 5.41) is 11.1. The van der Waals surface area contributed by atoms with Crippen molar-refractivity contribution in [3.05, 3.63) is 34.6 Å². The lowest BCUT2D eigenvalue weighted by molar-refractivity contribution is 0.0874. The number of carbonyl (C=O) groups excluding carboxylic acids is 1. The molecule has 21 heavy (non-hydrogen) atoms. The Hall–Kier alpha value is -1.70. The fourth-order valence-corrected chi connectivity index (χ4v) is 1.72. The molecular weight excluding hydrogens is 297 g/mol. The van der Waals surface area contributed by atoms with E-state index in [-0.39, 0.29) is 19.4 Å². The Balaban J connectivity index is 3.26. The van der Waals surface area contributed by atoms with Crippen LogP contribution in [0, 0.1) is 29.1 Å². The average molecular weight is 311 g/mol. The fraction of sp³-hybridized carbons (Fsp3) is 0.462. The first-order valence-corrected chi connectivity index (χ1v) is 6.13. The maximum atomic E-state index is 13.5. The molecule has 1 rings (SSSR count). The van der Waals surface area contributed by atoms with Gasteiger partial charge >= 0.3 is 0 Å². The second-order valence-corrected chi connectivity index (χ2v) is 4.79. The van der Waals surface area contributed by atoms with E-state index in [2.05, 4.69) is 5.32 Å². The van der Waals surface area contributed by atoms with E-state index in [1.54, 1.807) is 6.92 Å². The van der Waals surface area contributed by atoms with Crippen LogP contribution in [0.25, 0.3) is 0 Å². The van der Waals surface area contributed by atoms with Crippen LogP contribution < -0.4 is 5.32 Å². The molecule has 0 aromatic heterocycles. The maximum absolute atomic E-state index is 13.5. The summed E-state index contributed by atoms with van der Waals surface area (Å²) in [6.45, 7) is 2.80. The van der Waals surface area contributed by atoms with Gasteiger partial charge in [0.2, 0.25) is 5.82 Å². The van der Waals surface area contributed by atoms with Gasteiger partial charge in [-0.05, 0) is 19.8 Å². The molecule has 8 heteroatoms. The number of aliphatic hydroxyl groups is 1. The number of amides is 1. The van der Waals surface area contributed by atoms with E-state index in [4.69, 9.17) is 5.11 Å². The summed E-state index contributed by atoms with van der Waals surface area (Å²) in [7, 11) is 0. The van der Waals surface area contributed by atoms with Gasteiger partial charge in [-0.1, -0.05) is 6.92 Å². The van der Waals surface area contributed by atoms with Crippen LogP contribution in [0.5, 0.6) is 0 Å². The molecule has 1 aromatic rings. The van der Waals surface area contributed by atoms with Crippen molar-refractivity contribution in [1.82, 2.24) is 5.32 Å². The highest BCUT2D eigenvalue weighted by Gasteiger charge is 2.32. The van der Waals surface area contributed by atoms with Crippen molar-refractivity contribution >= 4 is 5.91 Å². The SMILES string of the molecule is CCC(C)(CCO)NC(=O)c1c(F)c(F)c(F)c(F)c1F. The zero-order valence-corrected chi connectivity index (χ0v) is 11.4. The highest BCUT2D eigenvalue weighted by Crippen LogP contribution is 2.24. The molecule has 0 spiro atoms. The second kappa shape index (κ2) is 6.38. The maximum Gasteiger partial charge on any atom is 0.257 e. The van der Waals surface area contributed by atoms with Crippen LogP contribution >= 0.6 is 0 Å². The quantitative estimate of drug-likeness (QED) is 0.499. The molecule has 1 atom stereocenters. The highest BCUT2D eigenvalue weighted by molar-refractivity contribution is 5.95. The first kappa shape index (κ1) is 17.4. The Kier molecular flexibility index (Phi) is 5.27. The third-order valence-electron chi connectivity index (χ3n) is 3.30.